The first-order valence-corrected chi connectivity index (χ1v) is 21.4. The Labute approximate surface area is 350 Å². The highest BCUT2D eigenvalue weighted by Gasteiger charge is 2.51. The Morgan fingerprint density at radius 1 is 0.627 bits per heavy atom. The first-order chi connectivity index (χ1) is 28.9. The summed E-state index contributed by atoms with van der Waals surface area (Å²) in [6, 6.07) is 58.1. The minimum absolute atomic E-state index is 0.0808. The molecule has 4 atom stereocenters. The first kappa shape index (κ1) is 36.9. The van der Waals surface area contributed by atoms with Gasteiger partial charge in [0.15, 0.2) is 0 Å². The van der Waals surface area contributed by atoms with Crippen LogP contribution in [0.4, 0.5) is 0 Å². The van der Waals surface area contributed by atoms with Crippen LogP contribution in [0.2, 0.25) is 0 Å². The van der Waals surface area contributed by atoms with Crippen LogP contribution in [0.3, 0.4) is 0 Å². The monoisotopic (exact) mass is 765 g/mol. The van der Waals surface area contributed by atoms with Gasteiger partial charge in [-0.1, -0.05) is 183 Å². The van der Waals surface area contributed by atoms with Crippen LogP contribution < -0.4 is 10.1 Å². The zero-order valence-electron chi connectivity index (χ0n) is 34.3. The van der Waals surface area contributed by atoms with Crippen molar-refractivity contribution < 1.29 is 4.74 Å². The molecule has 59 heavy (non-hydrogen) atoms. The summed E-state index contributed by atoms with van der Waals surface area (Å²) in [6.07, 6.45) is 16.2. The van der Waals surface area contributed by atoms with Crippen molar-refractivity contribution in [3.05, 3.63) is 238 Å². The highest BCUT2D eigenvalue weighted by molar-refractivity contribution is 5.92. The molecular weight excluding hydrogens is 715 g/mol. The molecular formula is C57H51NO. The maximum atomic E-state index is 6.85. The summed E-state index contributed by atoms with van der Waals surface area (Å²) < 4.78 is 6.85. The van der Waals surface area contributed by atoms with Gasteiger partial charge in [0, 0.05) is 17.7 Å². The van der Waals surface area contributed by atoms with E-state index in [2.05, 4.69) is 214 Å². The summed E-state index contributed by atoms with van der Waals surface area (Å²) >= 11 is 0. The Morgan fingerprint density at radius 2 is 1.24 bits per heavy atom. The smallest absolute Gasteiger partial charge is 0.125 e. The lowest BCUT2D eigenvalue weighted by Crippen LogP contribution is -2.47. The minimum Gasteiger partial charge on any atom is -0.485 e. The van der Waals surface area contributed by atoms with E-state index in [0.717, 1.165) is 17.9 Å². The molecule has 0 saturated carbocycles. The largest absolute Gasteiger partial charge is 0.485 e. The van der Waals surface area contributed by atoms with E-state index in [4.69, 9.17) is 4.74 Å². The van der Waals surface area contributed by atoms with Gasteiger partial charge in [-0.3, -0.25) is 0 Å². The molecule has 290 valence electrons. The molecule has 0 bridgehead atoms. The molecule has 0 radical (unpaired) electrons. The SMILES string of the molecule is CC1=C(c2ccc(-c3ccccc3)cc2)NC(C)(c2ccccc2C2(c3ccccc3)C3=CC=CCC3Oc3ccccc32)C=C1c1ccc(C2=CCCCC2C)cc1. The zero-order chi connectivity index (χ0) is 40.0. The highest BCUT2D eigenvalue weighted by Crippen LogP contribution is 2.56. The molecule has 0 amide bonds. The molecule has 2 heteroatoms. The summed E-state index contributed by atoms with van der Waals surface area (Å²) in [5.41, 5.74) is 16.3. The van der Waals surface area contributed by atoms with Crippen molar-refractivity contribution >= 4 is 16.8 Å². The van der Waals surface area contributed by atoms with E-state index in [1.54, 1.807) is 0 Å². The van der Waals surface area contributed by atoms with Gasteiger partial charge in [0.05, 0.1) is 11.0 Å². The molecule has 0 fully saturated rings. The van der Waals surface area contributed by atoms with Gasteiger partial charge in [-0.05, 0) is 118 Å². The second kappa shape index (κ2) is 15.1. The van der Waals surface area contributed by atoms with Crippen molar-refractivity contribution in [1.29, 1.82) is 0 Å². The number of hydrogen-bond acceptors (Lipinski definition) is 2. The van der Waals surface area contributed by atoms with Crippen LogP contribution in [-0.4, -0.2) is 6.10 Å². The summed E-state index contributed by atoms with van der Waals surface area (Å²) in [6.45, 7) is 7.03. The number of rotatable bonds is 7. The topological polar surface area (TPSA) is 21.3 Å². The van der Waals surface area contributed by atoms with Crippen LogP contribution >= 0.6 is 0 Å². The van der Waals surface area contributed by atoms with Crippen molar-refractivity contribution in [2.75, 3.05) is 0 Å². The van der Waals surface area contributed by atoms with E-state index >= 15 is 0 Å². The van der Waals surface area contributed by atoms with Gasteiger partial charge in [0.25, 0.3) is 0 Å². The molecule has 2 aliphatic heterocycles. The van der Waals surface area contributed by atoms with E-state index in [-0.39, 0.29) is 6.10 Å². The lowest BCUT2D eigenvalue weighted by molar-refractivity contribution is 0.204. The van der Waals surface area contributed by atoms with Crippen molar-refractivity contribution in [2.24, 2.45) is 5.92 Å². The van der Waals surface area contributed by atoms with Crippen molar-refractivity contribution in [3.8, 4) is 16.9 Å². The van der Waals surface area contributed by atoms with E-state index < -0.39 is 11.0 Å². The maximum absolute atomic E-state index is 6.85. The molecule has 10 rings (SSSR count). The van der Waals surface area contributed by atoms with Gasteiger partial charge in [-0.15, -0.1) is 0 Å². The molecule has 2 heterocycles. The molecule has 1 N–H and O–H groups in total. The van der Waals surface area contributed by atoms with Crippen LogP contribution in [0.15, 0.2) is 199 Å². The van der Waals surface area contributed by atoms with Crippen LogP contribution in [0.1, 0.15) is 85.4 Å². The zero-order valence-corrected chi connectivity index (χ0v) is 34.3. The fraction of sp³-hybridized carbons (Fsp3) is 0.193. The third kappa shape index (κ3) is 6.34. The standard InChI is InChI=1S/C57H51NO/c1-39-18-10-11-23-47(39)43-32-34-44(35-33-43)48-38-56(3,58-55(40(48)2)45-36-30-42(31-37-45)41-19-6-4-7-20-41)49-24-12-13-25-50(49)57(46-21-8-5-9-22-46)51-26-14-16-28-53(51)59-54-29-17-15-27-52(54)57/h4-9,12-17,19-28,30-39,54,58H,10-11,18,29H2,1-3H3. The predicted octanol–water partition coefficient (Wildman–Crippen LogP) is 13.9. The molecule has 4 aliphatic rings. The van der Waals surface area contributed by atoms with Gasteiger partial charge in [0.2, 0.25) is 0 Å². The van der Waals surface area contributed by atoms with Crippen molar-refractivity contribution in [1.82, 2.24) is 5.32 Å². The Bertz CT molecular complexity index is 2680. The second-order valence-electron chi connectivity index (χ2n) is 16.9. The van der Waals surface area contributed by atoms with Gasteiger partial charge in [0.1, 0.15) is 11.9 Å². The van der Waals surface area contributed by atoms with E-state index in [0.29, 0.717) is 5.92 Å². The summed E-state index contributed by atoms with van der Waals surface area (Å²) in [4.78, 5) is 0. The fourth-order valence-electron chi connectivity index (χ4n) is 10.4. The molecule has 6 aromatic carbocycles. The van der Waals surface area contributed by atoms with Gasteiger partial charge in [-0.25, -0.2) is 0 Å². The number of dihydropyridines is 1. The summed E-state index contributed by atoms with van der Waals surface area (Å²) in [5, 5.41) is 4.21. The first-order valence-electron chi connectivity index (χ1n) is 21.4. The van der Waals surface area contributed by atoms with Gasteiger partial charge >= 0.3 is 0 Å². The molecule has 0 spiro atoms. The van der Waals surface area contributed by atoms with Crippen LogP contribution in [0.25, 0.3) is 28.0 Å². The lowest BCUT2D eigenvalue weighted by Gasteiger charge is -2.49. The number of allylic oxidation sites excluding steroid dienone is 6. The predicted molar refractivity (Wildman–Crippen MR) is 246 cm³/mol. The Balaban J connectivity index is 1.18. The molecule has 4 unspecified atom stereocenters. The maximum Gasteiger partial charge on any atom is 0.125 e. The number of para-hydroxylation sites is 1. The average Bonchev–Trinajstić information content (AvgIpc) is 3.30. The van der Waals surface area contributed by atoms with Crippen LogP contribution in [-0.2, 0) is 11.0 Å². The molecule has 2 nitrogen and oxygen atoms in total. The van der Waals surface area contributed by atoms with E-state index in [9.17, 15) is 0 Å². The summed E-state index contributed by atoms with van der Waals surface area (Å²) in [7, 11) is 0. The van der Waals surface area contributed by atoms with E-state index in [1.807, 2.05) is 0 Å². The average molecular weight is 766 g/mol. The minimum atomic E-state index is -0.604. The fourth-order valence-corrected chi connectivity index (χ4v) is 10.4. The van der Waals surface area contributed by atoms with Crippen LogP contribution in [0, 0.1) is 5.92 Å². The molecule has 6 aromatic rings. The lowest BCUT2D eigenvalue weighted by atomic mass is 9.59. The number of fused-ring (bicyclic) bond motifs is 2. The number of benzene rings is 6. The molecule has 0 aromatic heterocycles. The third-order valence-electron chi connectivity index (χ3n) is 13.3. The normalized spacial score (nSPS) is 23.5. The van der Waals surface area contributed by atoms with E-state index in [1.165, 1.54) is 91.6 Å². The van der Waals surface area contributed by atoms with Crippen molar-refractivity contribution in [2.45, 2.75) is 63.5 Å². The van der Waals surface area contributed by atoms with Gasteiger partial charge < -0.3 is 10.1 Å². The van der Waals surface area contributed by atoms with Gasteiger partial charge in [-0.2, -0.15) is 0 Å². The Hall–Kier alpha value is -6.38. The summed E-state index contributed by atoms with van der Waals surface area (Å²) in [5.74, 6) is 1.53. The Morgan fingerprint density at radius 3 is 1.98 bits per heavy atom. The highest BCUT2D eigenvalue weighted by atomic mass is 16.5. The second-order valence-corrected chi connectivity index (χ2v) is 16.9. The number of ether oxygens (including phenoxy) is 1. The number of nitrogens with one attached hydrogen (secondary N) is 1. The third-order valence-corrected chi connectivity index (χ3v) is 13.3. The molecule has 0 saturated heterocycles. The van der Waals surface area contributed by atoms with Crippen molar-refractivity contribution in [3.63, 3.8) is 0 Å². The quantitative estimate of drug-likeness (QED) is 0.175. The van der Waals surface area contributed by atoms with Crippen LogP contribution in [0.5, 0.6) is 5.75 Å². The molecule has 2 aliphatic carbocycles. The number of hydrogen-bond donors (Lipinski definition) is 1. The Kier molecular flexibility index (Phi) is 9.45.